The van der Waals surface area contributed by atoms with Crippen LogP contribution in [0.2, 0.25) is 0 Å². The van der Waals surface area contributed by atoms with Gasteiger partial charge in [0.05, 0.1) is 11.9 Å². The highest BCUT2D eigenvalue weighted by Crippen LogP contribution is 2.24. The van der Waals surface area contributed by atoms with Crippen LogP contribution in [0, 0.1) is 0 Å². The summed E-state index contributed by atoms with van der Waals surface area (Å²) in [5.41, 5.74) is -0.118. The highest BCUT2D eigenvalue weighted by molar-refractivity contribution is 7.18. The van der Waals surface area contributed by atoms with Crippen LogP contribution in [0.5, 0.6) is 0 Å². The Bertz CT molecular complexity index is 965. The van der Waals surface area contributed by atoms with E-state index < -0.39 is 5.97 Å². The summed E-state index contributed by atoms with van der Waals surface area (Å²) in [4.78, 5) is 30.4. The molecule has 0 atom stereocenters. The van der Waals surface area contributed by atoms with Gasteiger partial charge in [-0.1, -0.05) is 20.8 Å². The molecule has 0 saturated carbocycles. The second kappa shape index (κ2) is 6.24. The van der Waals surface area contributed by atoms with Crippen LogP contribution >= 0.6 is 11.3 Å². The van der Waals surface area contributed by atoms with E-state index in [1.165, 1.54) is 6.07 Å². The van der Waals surface area contributed by atoms with Crippen molar-refractivity contribution in [2.45, 2.75) is 39.7 Å². The molecule has 0 unspecified atom stereocenters. The molecule has 3 rings (SSSR count). The van der Waals surface area contributed by atoms with Crippen molar-refractivity contribution >= 4 is 27.5 Å². The number of aromatic carboxylic acids is 1. The summed E-state index contributed by atoms with van der Waals surface area (Å²) in [6, 6.07) is 4.86. The van der Waals surface area contributed by atoms with Crippen molar-refractivity contribution in [1.82, 2.24) is 9.55 Å². The lowest BCUT2D eigenvalue weighted by molar-refractivity contribution is 0.0660. The molecule has 0 aliphatic carbocycles. The Kier molecular flexibility index (Phi) is 4.28. The number of nitrogens with zero attached hydrogens (tertiary/aromatic N) is 2. The van der Waals surface area contributed by atoms with E-state index in [1.54, 1.807) is 22.0 Å². The molecule has 0 fully saturated rings. The minimum atomic E-state index is -1.13. The molecule has 3 heterocycles. The first kappa shape index (κ1) is 16.4. The number of aromatic nitrogens is 2. The van der Waals surface area contributed by atoms with Crippen molar-refractivity contribution in [3.63, 3.8) is 0 Å². The molecule has 0 saturated heterocycles. The topological polar surface area (TPSA) is 85.3 Å². The third kappa shape index (κ3) is 2.87. The molecular formula is C17H18N2O4S. The Balaban J connectivity index is 2.13. The molecule has 1 N–H and O–H groups in total. The van der Waals surface area contributed by atoms with Gasteiger partial charge in [-0.15, -0.1) is 11.3 Å². The van der Waals surface area contributed by atoms with Crippen LogP contribution in [-0.4, -0.2) is 20.6 Å². The molecular weight excluding hydrogens is 328 g/mol. The first-order valence-corrected chi connectivity index (χ1v) is 8.57. The van der Waals surface area contributed by atoms with Gasteiger partial charge >= 0.3 is 5.97 Å². The summed E-state index contributed by atoms with van der Waals surface area (Å²) in [6.45, 7) is 6.16. The summed E-state index contributed by atoms with van der Waals surface area (Å²) in [7, 11) is 0. The van der Waals surface area contributed by atoms with Crippen LogP contribution in [0.3, 0.4) is 0 Å². The van der Waals surface area contributed by atoms with Crippen LogP contribution in [0.15, 0.2) is 27.4 Å². The van der Waals surface area contributed by atoms with Crippen molar-refractivity contribution < 1.29 is 14.3 Å². The standard InChI is InChI=1S/C17H18N2O4S/c1-4-11-7-12-15(24-11)18-14(9(2)3)19(16(12)20)8-10-5-6-13(23-10)17(21)22/h5-7,9H,4,8H2,1-3H3,(H,21,22). The maximum atomic E-state index is 12.9. The molecule has 24 heavy (non-hydrogen) atoms. The second-order valence-corrected chi connectivity index (χ2v) is 6.99. The fourth-order valence-electron chi connectivity index (χ4n) is 2.58. The Morgan fingerprint density at radius 1 is 1.42 bits per heavy atom. The molecule has 0 radical (unpaired) electrons. The molecule has 126 valence electrons. The SMILES string of the molecule is CCc1cc2c(=O)n(Cc3ccc(C(=O)O)o3)c(C(C)C)nc2s1. The lowest BCUT2D eigenvalue weighted by atomic mass is 10.2. The molecule has 0 aromatic carbocycles. The lowest BCUT2D eigenvalue weighted by Gasteiger charge is -2.13. The molecule has 0 bridgehead atoms. The predicted octanol–water partition coefficient (Wildman–Crippen LogP) is 3.48. The molecule has 6 nitrogen and oxygen atoms in total. The van der Waals surface area contributed by atoms with E-state index in [2.05, 4.69) is 4.98 Å². The van der Waals surface area contributed by atoms with E-state index in [-0.39, 0.29) is 23.8 Å². The molecule has 0 aliphatic heterocycles. The number of rotatable bonds is 5. The van der Waals surface area contributed by atoms with Crippen molar-refractivity contribution in [1.29, 1.82) is 0 Å². The van der Waals surface area contributed by atoms with Gasteiger partial charge in [-0.25, -0.2) is 9.78 Å². The van der Waals surface area contributed by atoms with Gasteiger partial charge < -0.3 is 9.52 Å². The summed E-state index contributed by atoms with van der Waals surface area (Å²) in [5.74, 6) is -0.115. The van der Waals surface area contributed by atoms with E-state index in [0.29, 0.717) is 17.0 Å². The summed E-state index contributed by atoms with van der Waals surface area (Å²) in [5, 5.41) is 9.56. The largest absolute Gasteiger partial charge is 0.475 e. The predicted molar refractivity (Wildman–Crippen MR) is 92.1 cm³/mol. The maximum Gasteiger partial charge on any atom is 0.371 e. The third-order valence-electron chi connectivity index (χ3n) is 3.78. The molecule has 0 amide bonds. The zero-order valence-corrected chi connectivity index (χ0v) is 14.5. The fraction of sp³-hybridized carbons (Fsp3) is 0.353. The molecule has 0 aliphatic rings. The average Bonchev–Trinajstić information content (AvgIpc) is 3.16. The maximum absolute atomic E-state index is 12.9. The fourth-order valence-corrected chi connectivity index (χ4v) is 3.55. The van der Waals surface area contributed by atoms with Gasteiger partial charge in [0, 0.05) is 10.8 Å². The van der Waals surface area contributed by atoms with E-state index >= 15 is 0 Å². The highest BCUT2D eigenvalue weighted by Gasteiger charge is 2.18. The Morgan fingerprint density at radius 3 is 2.75 bits per heavy atom. The number of hydrogen-bond acceptors (Lipinski definition) is 5. The zero-order chi connectivity index (χ0) is 17.4. The highest BCUT2D eigenvalue weighted by atomic mass is 32.1. The first-order valence-electron chi connectivity index (χ1n) is 7.75. The zero-order valence-electron chi connectivity index (χ0n) is 13.7. The number of carbonyl (C=O) groups is 1. The molecule has 7 heteroatoms. The van der Waals surface area contributed by atoms with Crippen molar-refractivity contribution in [3.05, 3.63) is 50.8 Å². The van der Waals surface area contributed by atoms with Crippen LogP contribution in [0.4, 0.5) is 0 Å². The van der Waals surface area contributed by atoms with Crippen LogP contribution < -0.4 is 5.56 Å². The Morgan fingerprint density at radius 2 is 2.17 bits per heavy atom. The third-order valence-corrected chi connectivity index (χ3v) is 4.96. The van der Waals surface area contributed by atoms with Crippen LogP contribution in [-0.2, 0) is 13.0 Å². The van der Waals surface area contributed by atoms with Gasteiger partial charge in [-0.05, 0) is 24.6 Å². The van der Waals surface area contributed by atoms with Crippen molar-refractivity contribution in [2.75, 3.05) is 0 Å². The molecule has 3 aromatic rings. The number of carboxylic acid groups (broad SMARTS) is 1. The number of carboxylic acids is 1. The van der Waals surface area contributed by atoms with Gasteiger partial charge in [-0.3, -0.25) is 9.36 Å². The smallest absolute Gasteiger partial charge is 0.371 e. The summed E-state index contributed by atoms with van der Waals surface area (Å²) < 4.78 is 6.87. The van der Waals surface area contributed by atoms with E-state index in [9.17, 15) is 9.59 Å². The van der Waals surface area contributed by atoms with Gasteiger partial charge in [0.2, 0.25) is 5.76 Å². The van der Waals surface area contributed by atoms with Crippen LogP contribution in [0.1, 0.15) is 53.7 Å². The summed E-state index contributed by atoms with van der Waals surface area (Å²) in [6.07, 6.45) is 0.859. The minimum Gasteiger partial charge on any atom is -0.475 e. The van der Waals surface area contributed by atoms with Crippen molar-refractivity contribution in [3.8, 4) is 0 Å². The van der Waals surface area contributed by atoms with Gasteiger partial charge in [0.1, 0.15) is 16.4 Å². The minimum absolute atomic E-state index is 0.0585. The monoisotopic (exact) mass is 346 g/mol. The van der Waals surface area contributed by atoms with E-state index in [0.717, 1.165) is 16.1 Å². The number of hydrogen-bond donors (Lipinski definition) is 1. The number of aryl methyl sites for hydroxylation is 1. The van der Waals surface area contributed by atoms with Crippen LogP contribution in [0.25, 0.3) is 10.2 Å². The van der Waals surface area contributed by atoms with Gasteiger partial charge in [-0.2, -0.15) is 0 Å². The Hall–Kier alpha value is -2.41. The summed E-state index contributed by atoms with van der Waals surface area (Å²) >= 11 is 1.54. The Labute approximate surface area is 142 Å². The number of furan rings is 1. The number of fused-ring (bicyclic) bond motifs is 1. The van der Waals surface area contributed by atoms with Gasteiger partial charge in [0.25, 0.3) is 5.56 Å². The van der Waals surface area contributed by atoms with Gasteiger partial charge in [0.15, 0.2) is 0 Å². The average molecular weight is 346 g/mol. The van der Waals surface area contributed by atoms with Crippen molar-refractivity contribution in [2.24, 2.45) is 0 Å². The second-order valence-electron chi connectivity index (χ2n) is 5.87. The van der Waals surface area contributed by atoms with E-state index in [1.807, 2.05) is 26.8 Å². The first-order chi connectivity index (χ1) is 11.4. The normalized spacial score (nSPS) is 11.5. The molecule has 3 aromatic heterocycles. The van der Waals surface area contributed by atoms with E-state index in [4.69, 9.17) is 9.52 Å². The lowest BCUT2D eigenvalue weighted by Crippen LogP contribution is -2.26. The number of thiophene rings is 1. The quantitative estimate of drug-likeness (QED) is 0.764. The molecule has 0 spiro atoms.